The van der Waals surface area contributed by atoms with E-state index in [9.17, 15) is 4.79 Å². The van der Waals surface area contributed by atoms with E-state index in [2.05, 4.69) is 4.98 Å². The number of aromatic nitrogens is 1. The largest absolute Gasteiger partial charge is 0.468 e. The lowest BCUT2D eigenvalue weighted by Gasteiger charge is -2.28. The Bertz CT molecular complexity index is 449. The Morgan fingerprint density at radius 2 is 2.53 bits per heavy atom. The molecule has 0 aliphatic heterocycles. The third-order valence-electron chi connectivity index (χ3n) is 3.73. The van der Waals surface area contributed by atoms with Crippen LogP contribution in [0.15, 0.2) is 15.9 Å². The number of oxazole rings is 1. The molecule has 1 aliphatic carbocycles. The summed E-state index contributed by atoms with van der Waals surface area (Å²) in [6.45, 7) is 1.90. The van der Waals surface area contributed by atoms with Crippen molar-refractivity contribution < 1.29 is 13.9 Å². The molecule has 2 N–H and O–H groups in total. The van der Waals surface area contributed by atoms with Crippen LogP contribution in [0.3, 0.4) is 0 Å². The van der Waals surface area contributed by atoms with Gasteiger partial charge >= 0.3 is 5.97 Å². The third-order valence-corrected chi connectivity index (χ3v) is 4.60. The van der Waals surface area contributed by atoms with Gasteiger partial charge in [0.25, 0.3) is 5.22 Å². The van der Waals surface area contributed by atoms with Gasteiger partial charge in [-0.05, 0) is 32.1 Å². The first kappa shape index (κ1) is 14.4. The SMILES string of the molecule is COC(=O)C1(N)CCCC1CCSc1nc(C)co1. The number of nitrogens with two attached hydrogens (primary N) is 1. The van der Waals surface area contributed by atoms with Gasteiger partial charge in [-0.1, -0.05) is 18.2 Å². The summed E-state index contributed by atoms with van der Waals surface area (Å²) < 4.78 is 10.1. The molecule has 0 radical (unpaired) electrons. The summed E-state index contributed by atoms with van der Waals surface area (Å²) in [5.74, 6) is 0.746. The molecular formula is C13H20N2O3S. The van der Waals surface area contributed by atoms with Crippen LogP contribution < -0.4 is 5.73 Å². The highest BCUT2D eigenvalue weighted by Gasteiger charge is 2.46. The van der Waals surface area contributed by atoms with E-state index in [1.807, 2.05) is 6.92 Å². The molecule has 1 heterocycles. The van der Waals surface area contributed by atoms with Crippen molar-refractivity contribution in [1.29, 1.82) is 0 Å². The monoisotopic (exact) mass is 284 g/mol. The van der Waals surface area contributed by atoms with E-state index >= 15 is 0 Å². The van der Waals surface area contributed by atoms with Crippen LogP contribution in [0, 0.1) is 12.8 Å². The molecule has 6 heteroatoms. The Hall–Kier alpha value is -1.01. The maximum absolute atomic E-state index is 11.8. The fraction of sp³-hybridized carbons (Fsp3) is 0.692. The van der Waals surface area contributed by atoms with Gasteiger partial charge in [0.05, 0.1) is 12.8 Å². The molecule has 1 aliphatic rings. The topological polar surface area (TPSA) is 78.4 Å². The molecule has 0 spiro atoms. The zero-order valence-electron chi connectivity index (χ0n) is 11.3. The number of aryl methyl sites for hydroxylation is 1. The van der Waals surface area contributed by atoms with Crippen molar-refractivity contribution in [3.63, 3.8) is 0 Å². The third kappa shape index (κ3) is 3.12. The van der Waals surface area contributed by atoms with Crippen molar-refractivity contribution in [2.45, 2.75) is 43.4 Å². The fourth-order valence-electron chi connectivity index (χ4n) is 2.65. The van der Waals surface area contributed by atoms with Gasteiger partial charge in [-0.2, -0.15) is 0 Å². The van der Waals surface area contributed by atoms with Crippen LogP contribution >= 0.6 is 11.8 Å². The number of carbonyl (C=O) groups excluding carboxylic acids is 1. The van der Waals surface area contributed by atoms with Gasteiger partial charge in [0.15, 0.2) is 0 Å². The molecule has 19 heavy (non-hydrogen) atoms. The predicted octanol–water partition coefficient (Wildman–Crippen LogP) is 2.14. The van der Waals surface area contributed by atoms with Crippen molar-refractivity contribution in [3.05, 3.63) is 12.0 Å². The van der Waals surface area contributed by atoms with Crippen LogP contribution in [-0.4, -0.2) is 29.4 Å². The lowest BCUT2D eigenvalue weighted by molar-refractivity contribution is -0.148. The molecule has 2 rings (SSSR count). The number of methoxy groups -OCH3 is 1. The predicted molar refractivity (Wildman–Crippen MR) is 72.9 cm³/mol. The first-order valence-corrected chi connectivity index (χ1v) is 7.47. The van der Waals surface area contributed by atoms with Crippen LogP contribution in [0.1, 0.15) is 31.4 Å². The maximum Gasteiger partial charge on any atom is 0.326 e. The molecule has 0 amide bonds. The van der Waals surface area contributed by atoms with Crippen molar-refractivity contribution in [2.24, 2.45) is 11.7 Å². The number of ether oxygens (including phenoxy) is 1. The van der Waals surface area contributed by atoms with Crippen molar-refractivity contribution in [1.82, 2.24) is 4.98 Å². The van der Waals surface area contributed by atoms with Crippen LogP contribution in [0.2, 0.25) is 0 Å². The number of thioether (sulfide) groups is 1. The van der Waals surface area contributed by atoms with Crippen molar-refractivity contribution >= 4 is 17.7 Å². The van der Waals surface area contributed by atoms with Gasteiger partial charge in [0.1, 0.15) is 11.8 Å². The zero-order chi connectivity index (χ0) is 13.9. The van der Waals surface area contributed by atoms with E-state index in [4.69, 9.17) is 14.9 Å². The minimum atomic E-state index is -0.804. The first-order chi connectivity index (χ1) is 9.06. The number of nitrogens with zero attached hydrogens (tertiary/aromatic N) is 1. The molecule has 2 atom stereocenters. The van der Waals surface area contributed by atoms with Crippen LogP contribution in [-0.2, 0) is 9.53 Å². The van der Waals surface area contributed by atoms with Gasteiger partial charge in [-0.25, -0.2) is 4.98 Å². The van der Waals surface area contributed by atoms with Gasteiger partial charge in [-0.3, -0.25) is 4.79 Å². The van der Waals surface area contributed by atoms with E-state index in [1.54, 1.807) is 18.0 Å². The molecule has 1 aromatic heterocycles. The molecular weight excluding hydrogens is 264 g/mol. The number of hydrogen-bond acceptors (Lipinski definition) is 6. The molecule has 0 saturated heterocycles. The highest BCUT2D eigenvalue weighted by atomic mass is 32.2. The average Bonchev–Trinajstić information content (AvgIpc) is 2.97. The van der Waals surface area contributed by atoms with E-state index in [1.165, 1.54) is 7.11 Å². The summed E-state index contributed by atoms with van der Waals surface area (Å²) in [6, 6.07) is 0. The van der Waals surface area contributed by atoms with Crippen molar-refractivity contribution in [2.75, 3.05) is 12.9 Å². The quantitative estimate of drug-likeness (QED) is 0.659. The molecule has 2 unspecified atom stereocenters. The molecule has 5 nitrogen and oxygen atoms in total. The Balaban J connectivity index is 1.86. The van der Waals surface area contributed by atoms with Gasteiger partial charge in [-0.15, -0.1) is 0 Å². The van der Waals surface area contributed by atoms with E-state index in [0.29, 0.717) is 11.6 Å². The lowest BCUT2D eigenvalue weighted by Crippen LogP contribution is -2.51. The number of rotatable bonds is 5. The number of carbonyl (C=O) groups is 1. The Morgan fingerprint density at radius 3 is 3.16 bits per heavy atom. The number of hydrogen-bond donors (Lipinski definition) is 1. The smallest absolute Gasteiger partial charge is 0.326 e. The Kier molecular flexibility index (Phi) is 4.52. The second-order valence-corrected chi connectivity index (χ2v) is 6.06. The van der Waals surface area contributed by atoms with E-state index in [-0.39, 0.29) is 11.9 Å². The summed E-state index contributed by atoms with van der Waals surface area (Å²) in [7, 11) is 1.40. The van der Waals surface area contributed by atoms with E-state index < -0.39 is 5.54 Å². The summed E-state index contributed by atoms with van der Waals surface area (Å²) >= 11 is 1.56. The summed E-state index contributed by atoms with van der Waals surface area (Å²) in [4.78, 5) is 16.0. The summed E-state index contributed by atoms with van der Waals surface area (Å²) in [5.41, 5.74) is 6.29. The molecule has 1 saturated carbocycles. The highest BCUT2D eigenvalue weighted by molar-refractivity contribution is 7.99. The molecule has 1 fully saturated rings. The van der Waals surface area contributed by atoms with Crippen LogP contribution in [0.4, 0.5) is 0 Å². The van der Waals surface area contributed by atoms with Gasteiger partial charge in [0.2, 0.25) is 0 Å². The van der Waals surface area contributed by atoms with Crippen molar-refractivity contribution in [3.8, 4) is 0 Å². The lowest BCUT2D eigenvalue weighted by atomic mass is 9.86. The summed E-state index contributed by atoms with van der Waals surface area (Å²) in [6.07, 6.45) is 5.19. The molecule has 0 aromatic carbocycles. The Morgan fingerprint density at radius 1 is 1.74 bits per heavy atom. The molecule has 0 bridgehead atoms. The molecule has 106 valence electrons. The van der Waals surface area contributed by atoms with Gasteiger partial charge in [0, 0.05) is 5.75 Å². The Labute approximate surface area is 117 Å². The summed E-state index contributed by atoms with van der Waals surface area (Å²) in [5, 5.41) is 0.677. The zero-order valence-corrected chi connectivity index (χ0v) is 12.2. The maximum atomic E-state index is 11.8. The standard InChI is InChI=1S/C13H20N2O3S/c1-9-8-18-12(15-9)19-7-5-10-4-3-6-13(10,14)11(16)17-2/h8,10H,3-7,14H2,1-2H3. The fourth-order valence-corrected chi connectivity index (χ4v) is 3.55. The van der Waals surface area contributed by atoms with Gasteiger partial charge < -0.3 is 14.9 Å². The normalized spacial score (nSPS) is 26.6. The second-order valence-electron chi connectivity index (χ2n) is 5.01. The highest BCUT2D eigenvalue weighted by Crippen LogP contribution is 2.38. The first-order valence-electron chi connectivity index (χ1n) is 6.48. The van der Waals surface area contributed by atoms with Crippen LogP contribution in [0.5, 0.6) is 0 Å². The molecule has 1 aromatic rings. The minimum absolute atomic E-state index is 0.184. The second kappa shape index (κ2) is 5.96. The van der Waals surface area contributed by atoms with Crippen LogP contribution in [0.25, 0.3) is 0 Å². The van der Waals surface area contributed by atoms with E-state index in [0.717, 1.165) is 30.7 Å². The average molecular weight is 284 g/mol. The number of esters is 1. The minimum Gasteiger partial charge on any atom is -0.468 e.